The van der Waals surface area contributed by atoms with Gasteiger partial charge in [-0.3, -0.25) is 19.6 Å². The summed E-state index contributed by atoms with van der Waals surface area (Å²) in [4.78, 5) is 34.1. The van der Waals surface area contributed by atoms with E-state index in [2.05, 4.69) is 15.3 Å². The first-order chi connectivity index (χ1) is 14.9. The van der Waals surface area contributed by atoms with Gasteiger partial charge in [0.05, 0.1) is 24.7 Å². The minimum atomic E-state index is -3.11. The zero-order chi connectivity index (χ0) is 22.0. The van der Waals surface area contributed by atoms with Crippen LogP contribution in [0, 0.1) is 11.3 Å². The molecule has 0 bridgehead atoms. The lowest BCUT2D eigenvalue weighted by atomic mass is 9.99. The molecule has 1 saturated heterocycles. The number of nitriles is 1. The predicted octanol–water partition coefficient (Wildman–Crippen LogP) is 2.79. The van der Waals surface area contributed by atoms with Gasteiger partial charge in [-0.05, 0) is 29.1 Å². The first-order valence-electron chi connectivity index (χ1n) is 9.51. The lowest BCUT2D eigenvalue weighted by Crippen LogP contribution is -2.43. The fraction of sp³-hybridized carbons (Fsp3) is 0.227. The fourth-order valence-corrected chi connectivity index (χ4v) is 3.62. The summed E-state index contributed by atoms with van der Waals surface area (Å²) in [5.74, 6) is -4.38. The molecular formula is C22H17F2N5O2. The number of hydrogen-bond acceptors (Lipinski definition) is 5. The molecule has 1 aliphatic rings. The quantitative estimate of drug-likeness (QED) is 0.699. The molecule has 0 saturated carbocycles. The Morgan fingerprint density at radius 2 is 1.94 bits per heavy atom. The summed E-state index contributed by atoms with van der Waals surface area (Å²) in [5, 5.41) is 13.4. The van der Waals surface area contributed by atoms with Crippen LogP contribution in [0.25, 0.3) is 21.9 Å². The van der Waals surface area contributed by atoms with Crippen molar-refractivity contribution in [1.29, 1.82) is 5.26 Å². The lowest BCUT2D eigenvalue weighted by Gasteiger charge is -2.19. The van der Waals surface area contributed by atoms with Gasteiger partial charge in [-0.2, -0.15) is 5.26 Å². The SMILES string of the molecule is N#C[C@@H]1CC(F)(F)CN1C(=O)CNC(=O)c1ccncc1-c1ccc2cnccc2c1. The number of pyridine rings is 2. The number of hydrogen-bond donors (Lipinski definition) is 1. The van der Waals surface area contributed by atoms with E-state index in [0.29, 0.717) is 11.1 Å². The Morgan fingerprint density at radius 3 is 2.74 bits per heavy atom. The number of nitrogens with zero attached hydrogens (tertiary/aromatic N) is 4. The highest BCUT2D eigenvalue weighted by Crippen LogP contribution is 2.31. The number of amides is 2. The molecule has 2 amide bonds. The maximum Gasteiger partial charge on any atom is 0.268 e. The first kappa shape index (κ1) is 20.3. The molecule has 1 aliphatic heterocycles. The van der Waals surface area contributed by atoms with Crippen molar-refractivity contribution >= 4 is 22.6 Å². The van der Waals surface area contributed by atoms with E-state index in [1.165, 1.54) is 12.3 Å². The van der Waals surface area contributed by atoms with Gasteiger partial charge in [-0.15, -0.1) is 0 Å². The second-order valence-electron chi connectivity index (χ2n) is 7.27. The van der Waals surface area contributed by atoms with Crippen molar-refractivity contribution < 1.29 is 18.4 Å². The number of aromatic nitrogens is 2. The highest BCUT2D eigenvalue weighted by molar-refractivity contribution is 6.02. The molecule has 3 aromatic rings. The summed E-state index contributed by atoms with van der Waals surface area (Å²) < 4.78 is 27.1. The number of carbonyl (C=O) groups excluding carboxylic acids is 2. The molecule has 2 aromatic heterocycles. The topological polar surface area (TPSA) is 99.0 Å². The summed E-state index contributed by atoms with van der Waals surface area (Å²) in [7, 11) is 0. The molecule has 0 aliphatic carbocycles. The van der Waals surface area contributed by atoms with Crippen LogP contribution in [-0.2, 0) is 4.79 Å². The Labute approximate surface area is 176 Å². The van der Waals surface area contributed by atoms with Gasteiger partial charge < -0.3 is 10.2 Å². The van der Waals surface area contributed by atoms with Crippen LogP contribution < -0.4 is 5.32 Å². The van der Waals surface area contributed by atoms with Gasteiger partial charge in [0, 0.05) is 42.2 Å². The molecule has 3 heterocycles. The molecule has 0 unspecified atom stereocenters. The number of nitrogens with one attached hydrogen (secondary N) is 1. The first-order valence-corrected chi connectivity index (χ1v) is 9.51. The monoisotopic (exact) mass is 421 g/mol. The Hall–Kier alpha value is -3.93. The molecule has 1 fully saturated rings. The predicted molar refractivity (Wildman–Crippen MR) is 108 cm³/mol. The van der Waals surface area contributed by atoms with Crippen LogP contribution >= 0.6 is 0 Å². The van der Waals surface area contributed by atoms with Crippen LogP contribution in [0.5, 0.6) is 0 Å². The van der Waals surface area contributed by atoms with Crippen LogP contribution in [0.3, 0.4) is 0 Å². The molecule has 0 spiro atoms. The number of alkyl halides is 2. The van der Waals surface area contributed by atoms with Crippen LogP contribution in [-0.4, -0.2) is 51.7 Å². The van der Waals surface area contributed by atoms with Gasteiger partial charge in [0.2, 0.25) is 5.91 Å². The highest BCUT2D eigenvalue weighted by Gasteiger charge is 2.47. The van der Waals surface area contributed by atoms with Crippen molar-refractivity contribution in [2.75, 3.05) is 13.1 Å². The van der Waals surface area contributed by atoms with Gasteiger partial charge in [0.25, 0.3) is 11.8 Å². The third-order valence-corrected chi connectivity index (χ3v) is 5.16. The zero-order valence-corrected chi connectivity index (χ0v) is 16.3. The van der Waals surface area contributed by atoms with Gasteiger partial charge in [0.15, 0.2) is 0 Å². The number of fused-ring (bicyclic) bond motifs is 1. The average molecular weight is 421 g/mol. The summed E-state index contributed by atoms with van der Waals surface area (Å²) in [6.45, 7) is -1.31. The second kappa shape index (κ2) is 8.07. The normalized spacial score (nSPS) is 17.3. The van der Waals surface area contributed by atoms with Crippen molar-refractivity contribution in [3.05, 3.63) is 60.7 Å². The Balaban J connectivity index is 1.52. The Bertz CT molecular complexity index is 1210. The maximum absolute atomic E-state index is 13.6. The average Bonchev–Trinajstić information content (AvgIpc) is 3.11. The van der Waals surface area contributed by atoms with Crippen molar-refractivity contribution in [1.82, 2.24) is 20.2 Å². The van der Waals surface area contributed by atoms with Gasteiger partial charge in [-0.1, -0.05) is 12.1 Å². The minimum Gasteiger partial charge on any atom is -0.343 e. The van der Waals surface area contributed by atoms with E-state index in [4.69, 9.17) is 5.26 Å². The van der Waals surface area contributed by atoms with Crippen LogP contribution in [0.15, 0.2) is 55.1 Å². The minimum absolute atomic E-state index is 0.291. The third-order valence-electron chi connectivity index (χ3n) is 5.16. The highest BCUT2D eigenvalue weighted by atomic mass is 19.3. The molecule has 7 nitrogen and oxygen atoms in total. The van der Waals surface area contributed by atoms with Crippen molar-refractivity contribution in [2.45, 2.75) is 18.4 Å². The second-order valence-corrected chi connectivity index (χ2v) is 7.27. The van der Waals surface area contributed by atoms with E-state index in [1.54, 1.807) is 24.7 Å². The molecule has 4 rings (SSSR count). The molecule has 1 N–H and O–H groups in total. The standard InChI is InChI=1S/C22H17F2N5O2/c23-22(24)8-17(9-25)29(13-22)20(30)12-28-21(31)18-4-6-27-11-19(18)15-1-2-16-10-26-5-3-14(16)7-15/h1-7,10-11,17H,8,12-13H2,(H,28,31)/t17-/m0/s1. The van der Waals surface area contributed by atoms with E-state index < -0.39 is 43.3 Å². The van der Waals surface area contributed by atoms with E-state index in [-0.39, 0.29) is 0 Å². The van der Waals surface area contributed by atoms with Gasteiger partial charge in [0.1, 0.15) is 6.04 Å². The van der Waals surface area contributed by atoms with Gasteiger partial charge in [-0.25, -0.2) is 8.78 Å². The van der Waals surface area contributed by atoms with E-state index in [9.17, 15) is 18.4 Å². The Kier molecular flexibility index (Phi) is 5.29. The van der Waals surface area contributed by atoms with Crippen LogP contribution in [0.1, 0.15) is 16.8 Å². The third kappa shape index (κ3) is 4.19. The number of carbonyl (C=O) groups is 2. The lowest BCUT2D eigenvalue weighted by molar-refractivity contribution is -0.131. The molecule has 9 heteroatoms. The van der Waals surface area contributed by atoms with Gasteiger partial charge >= 0.3 is 0 Å². The Morgan fingerprint density at radius 1 is 1.16 bits per heavy atom. The van der Waals surface area contributed by atoms with Crippen molar-refractivity contribution in [3.63, 3.8) is 0 Å². The molecular weight excluding hydrogens is 404 g/mol. The van der Waals surface area contributed by atoms with E-state index in [0.717, 1.165) is 21.2 Å². The summed E-state index contributed by atoms with van der Waals surface area (Å²) in [5.41, 5.74) is 1.61. The maximum atomic E-state index is 13.6. The molecule has 31 heavy (non-hydrogen) atoms. The van der Waals surface area contributed by atoms with Crippen LogP contribution in [0.2, 0.25) is 0 Å². The number of benzene rings is 1. The summed E-state index contributed by atoms with van der Waals surface area (Å²) in [6, 6.07) is 9.51. The zero-order valence-electron chi connectivity index (χ0n) is 16.3. The van der Waals surface area contributed by atoms with E-state index in [1.807, 2.05) is 24.3 Å². The molecule has 0 radical (unpaired) electrons. The molecule has 1 atom stereocenters. The summed E-state index contributed by atoms with van der Waals surface area (Å²) in [6.07, 6.45) is 5.71. The number of likely N-dealkylation sites (tertiary alicyclic amines) is 1. The van der Waals surface area contributed by atoms with E-state index >= 15 is 0 Å². The largest absolute Gasteiger partial charge is 0.343 e. The van der Waals surface area contributed by atoms with Crippen LogP contribution in [0.4, 0.5) is 8.78 Å². The van der Waals surface area contributed by atoms with Crippen molar-refractivity contribution in [2.24, 2.45) is 0 Å². The number of rotatable bonds is 4. The summed E-state index contributed by atoms with van der Waals surface area (Å²) >= 11 is 0. The molecule has 156 valence electrons. The molecule has 1 aromatic carbocycles. The fourth-order valence-electron chi connectivity index (χ4n) is 3.62. The number of halogens is 2. The smallest absolute Gasteiger partial charge is 0.268 e. The van der Waals surface area contributed by atoms with Crippen molar-refractivity contribution in [3.8, 4) is 17.2 Å².